The first kappa shape index (κ1) is 14.9. The summed E-state index contributed by atoms with van der Waals surface area (Å²) in [5.41, 5.74) is 6.28. The molecular weight excluding hydrogens is 302 g/mol. The third-order valence-electron chi connectivity index (χ3n) is 6.24. The Morgan fingerprint density at radius 1 is 0.720 bits per heavy atom. The fraction of sp³-hybridized carbons (Fsp3) is 0.292. The van der Waals surface area contributed by atoms with Gasteiger partial charge in [-0.2, -0.15) is 0 Å². The molecule has 5 rings (SSSR count). The number of fused-ring (bicyclic) bond motifs is 2. The van der Waals surface area contributed by atoms with Crippen LogP contribution in [0, 0.1) is 11.8 Å². The van der Waals surface area contributed by atoms with E-state index in [1.165, 1.54) is 42.4 Å². The summed E-state index contributed by atoms with van der Waals surface area (Å²) in [4.78, 5) is 4.54. The van der Waals surface area contributed by atoms with Crippen LogP contribution in [0.3, 0.4) is 0 Å². The van der Waals surface area contributed by atoms with Gasteiger partial charge in [-0.15, -0.1) is 0 Å². The Hall–Kier alpha value is -2.41. The highest BCUT2D eigenvalue weighted by atomic mass is 14.7. The summed E-state index contributed by atoms with van der Waals surface area (Å²) in [6.07, 6.45) is 7.72. The van der Waals surface area contributed by atoms with Crippen molar-refractivity contribution in [1.82, 2.24) is 4.98 Å². The number of benzene rings is 2. The highest BCUT2D eigenvalue weighted by molar-refractivity contribution is 5.70. The molecule has 1 aromatic heterocycles. The number of hydrogen-bond donors (Lipinski definition) is 0. The minimum atomic E-state index is 0.810. The molecule has 0 radical (unpaired) electrons. The fourth-order valence-electron chi connectivity index (χ4n) is 4.95. The molecule has 0 saturated heterocycles. The maximum Gasteiger partial charge on any atom is 0.0708 e. The van der Waals surface area contributed by atoms with Crippen molar-refractivity contribution in [3.8, 4) is 22.4 Å². The van der Waals surface area contributed by atoms with Gasteiger partial charge < -0.3 is 0 Å². The molecular formula is C24H23N. The lowest BCUT2D eigenvalue weighted by Gasteiger charge is -2.22. The highest BCUT2D eigenvalue weighted by Gasteiger charge is 2.39. The lowest BCUT2D eigenvalue weighted by molar-refractivity contribution is 0.420. The first-order valence-electron chi connectivity index (χ1n) is 9.48. The first-order chi connectivity index (χ1) is 12.4. The molecule has 1 heteroatoms. The van der Waals surface area contributed by atoms with Crippen LogP contribution in [0.4, 0.5) is 0 Å². The number of hydrogen-bond acceptors (Lipinski definition) is 1. The Balaban J connectivity index is 1.42. The van der Waals surface area contributed by atoms with Crippen molar-refractivity contribution in [2.45, 2.75) is 31.6 Å². The molecule has 2 bridgehead atoms. The molecule has 3 unspecified atom stereocenters. The quantitative estimate of drug-likeness (QED) is 0.549. The van der Waals surface area contributed by atoms with Crippen LogP contribution in [0.1, 0.15) is 37.2 Å². The van der Waals surface area contributed by atoms with Crippen LogP contribution in [0.5, 0.6) is 0 Å². The fourth-order valence-corrected chi connectivity index (χ4v) is 4.95. The van der Waals surface area contributed by atoms with Gasteiger partial charge in [0.25, 0.3) is 0 Å². The van der Waals surface area contributed by atoms with Crippen LogP contribution >= 0.6 is 0 Å². The summed E-state index contributed by atoms with van der Waals surface area (Å²) < 4.78 is 0. The molecule has 2 aromatic carbocycles. The number of nitrogens with zero attached hydrogens (tertiary/aromatic N) is 1. The summed E-state index contributed by atoms with van der Waals surface area (Å²) in [5, 5.41) is 0. The van der Waals surface area contributed by atoms with E-state index in [2.05, 4.69) is 65.6 Å². The number of aromatic nitrogens is 1. The van der Waals surface area contributed by atoms with E-state index in [1.54, 1.807) is 5.56 Å². The van der Waals surface area contributed by atoms with E-state index in [0.717, 1.165) is 23.4 Å². The highest BCUT2D eigenvalue weighted by Crippen LogP contribution is 2.52. The van der Waals surface area contributed by atoms with Gasteiger partial charge in [0.15, 0.2) is 0 Å². The minimum Gasteiger partial charge on any atom is -0.256 e. The zero-order valence-corrected chi connectivity index (χ0v) is 14.4. The summed E-state index contributed by atoms with van der Waals surface area (Å²) in [6, 6.07) is 24.0. The van der Waals surface area contributed by atoms with Crippen molar-refractivity contribution in [1.29, 1.82) is 0 Å². The van der Waals surface area contributed by atoms with Gasteiger partial charge >= 0.3 is 0 Å². The lowest BCUT2D eigenvalue weighted by Crippen LogP contribution is -2.08. The molecule has 0 N–H and O–H groups in total. The molecule has 124 valence electrons. The van der Waals surface area contributed by atoms with E-state index in [1.807, 2.05) is 12.3 Å². The molecule has 2 fully saturated rings. The monoisotopic (exact) mass is 325 g/mol. The molecule has 2 aliphatic carbocycles. The molecule has 3 aromatic rings. The van der Waals surface area contributed by atoms with Gasteiger partial charge in [-0.05, 0) is 65.8 Å². The maximum atomic E-state index is 4.54. The third-order valence-corrected chi connectivity index (χ3v) is 6.24. The Morgan fingerprint density at radius 3 is 2.28 bits per heavy atom. The molecule has 3 atom stereocenters. The van der Waals surface area contributed by atoms with Crippen molar-refractivity contribution in [2.24, 2.45) is 11.8 Å². The standard InChI is InChI=1S/C24H23N/c1-2-4-20(5-3-1)24-16-21(12-13-25-24)18-8-10-19(11-9-18)23-15-17-6-7-22(23)14-17/h1-5,8-13,16-17,22-23H,6-7,14-15H2. The zero-order chi connectivity index (χ0) is 16.6. The summed E-state index contributed by atoms with van der Waals surface area (Å²) in [5.74, 6) is 2.76. The molecule has 1 nitrogen and oxygen atoms in total. The Kier molecular flexibility index (Phi) is 3.66. The van der Waals surface area contributed by atoms with Crippen molar-refractivity contribution in [3.05, 3.63) is 78.5 Å². The van der Waals surface area contributed by atoms with E-state index in [-0.39, 0.29) is 0 Å². The van der Waals surface area contributed by atoms with E-state index in [9.17, 15) is 0 Å². The van der Waals surface area contributed by atoms with Gasteiger partial charge in [0.2, 0.25) is 0 Å². The van der Waals surface area contributed by atoms with E-state index in [4.69, 9.17) is 0 Å². The van der Waals surface area contributed by atoms with Crippen molar-refractivity contribution in [2.75, 3.05) is 0 Å². The van der Waals surface area contributed by atoms with Crippen LogP contribution in [0.25, 0.3) is 22.4 Å². The molecule has 2 aliphatic rings. The average Bonchev–Trinajstić information content (AvgIpc) is 3.33. The molecule has 0 spiro atoms. The van der Waals surface area contributed by atoms with Crippen molar-refractivity contribution < 1.29 is 0 Å². The summed E-state index contributed by atoms with van der Waals surface area (Å²) in [7, 11) is 0. The largest absolute Gasteiger partial charge is 0.256 e. The van der Waals surface area contributed by atoms with Crippen LogP contribution in [0.2, 0.25) is 0 Å². The molecule has 0 amide bonds. The summed E-state index contributed by atoms with van der Waals surface area (Å²) in [6.45, 7) is 0. The van der Waals surface area contributed by atoms with E-state index in [0.29, 0.717) is 0 Å². The molecule has 2 saturated carbocycles. The SMILES string of the molecule is c1ccc(-c2cc(-c3ccc(C4CC5CCC4C5)cc3)ccn2)cc1. The van der Waals surface area contributed by atoms with Gasteiger partial charge in [-0.1, -0.05) is 61.0 Å². The Bertz CT molecular complexity index is 866. The number of pyridine rings is 1. The molecule has 1 heterocycles. The summed E-state index contributed by atoms with van der Waals surface area (Å²) >= 11 is 0. The van der Waals surface area contributed by atoms with E-state index >= 15 is 0 Å². The van der Waals surface area contributed by atoms with Crippen LogP contribution < -0.4 is 0 Å². The maximum absolute atomic E-state index is 4.54. The van der Waals surface area contributed by atoms with Crippen molar-refractivity contribution >= 4 is 0 Å². The second-order valence-corrected chi connectivity index (χ2v) is 7.70. The molecule has 25 heavy (non-hydrogen) atoms. The lowest BCUT2D eigenvalue weighted by atomic mass is 9.83. The van der Waals surface area contributed by atoms with Gasteiger partial charge in [-0.25, -0.2) is 0 Å². The number of rotatable bonds is 3. The van der Waals surface area contributed by atoms with Gasteiger partial charge in [0.1, 0.15) is 0 Å². The second-order valence-electron chi connectivity index (χ2n) is 7.70. The predicted molar refractivity (Wildman–Crippen MR) is 103 cm³/mol. The first-order valence-corrected chi connectivity index (χ1v) is 9.48. The van der Waals surface area contributed by atoms with E-state index < -0.39 is 0 Å². The zero-order valence-electron chi connectivity index (χ0n) is 14.4. The predicted octanol–water partition coefficient (Wildman–Crippen LogP) is 6.32. The van der Waals surface area contributed by atoms with Gasteiger partial charge in [0.05, 0.1) is 5.69 Å². The van der Waals surface area contributed by atoms with Crippen LogP contribution in [0.15, 0.2) is 72.9 Å². The smallest absolute Gasteiger partial charge is 0.0708 e. The second kappa shape index (κ2) is 6.15. The van der Waals surface area contributed by atoms with Crippen LogP contribution in [-0.4, -0.2) is 4.98 Å². The van der Waals surface area contributed by atoms with Crippen LogP contribution in [-0.2, 0) is 0 Å². The normalized spacial score (nSPS) is 24.6. The van der Waals surface area contributed by atoms with Gasteiger partial charge in [-0.3, -0.25) is 4.98 Å². The Morgan fingerprint density at radius 2 is 1.56 bits per heavy atom. The van der Waals surface area contributed by atoms with Crippen molar-refractivity contribution in [3.63, 3.8) is 0 Å². The Labute approximate surface area is 149 Å². The topological polar surface area (TPSA) is 12.9 Å². The van der Waals surface area contributed by atoms with Gasteiger partial charge in [0, 0.05) is 11.8 Å². The molecule has 0 aliphatic heterocycles. The minimum absolute atomic E-state index is 0.810. The third kappa shape index (κ3) is 2.78. The average molecular weight is 325 g/mol.